The van der Waals surface area contributed by atoms with E-state index >= 15 is 0 Å². The molecule has 0 aliphatic heterocycles. The van der Waals surface area contributed by atoms with Crippen LogP contribution >= 0.6 is 0 Å². The number of esters is 1. The second-order valence-corrected chi connectivity index (χ2v) is 5.37. The number of ether oxygens (including phenoxy) is 1. The van der Waals surface area contributed by atoms with Crippen molar-refractivity contribution in [1.82, 2.24) is 4.90 Å². The molecule has 0 spiro atoms. The third-order valence-corrected chi connectivity index (χ3v) is 3.40. The maximum absolute atomic E-state index is 12.3. The minimum absolute atomic E-state index is 0.229. The smallest absolute Gasteiger partial charge is 0.339 e. The summed E-state index contributed by atoms with van der Waals surface area (Å²) in [5, 5.41) is 0. The summed E-state index contributed by atoms with van der Waals surface area (Å²) in [6.07, 6.45) is -1.04. The molecule has 0 heterocycles. The Balaban J connectivity index is 2.24. The summed E-state index contributed by atoms with van der Waals surface area (Å²) >= 11 is 0. The highest BCUT2D eigenvalue weighted by Crippen LogP contribution is 2.21. The molecular weight excluding hydrogens is 308 g/mol. The molecule has 1 unspecified atom stereocenters. The normalized spacial score (nSPS) is 11.4. The van der Waals surface area contributed by atoms with Gasteiger partial charge in [0.2, 0.25) is 12.0 Å². The standard InChI is InChI=1S/C18H18N2O4/c1-20(2)17(22)15(12-6-4-3-5-7-12)24-18(23)14-10-8-13(9-11-14)16(19)21/h3-11,15H,1-2H3,(H2,19,21). The maximum atomic E-state index is 12.3. The van der Waals surface area contributed by atoms with Crippen molar-refractivity contribution in [3.05, 3.63) is 71.3 Å². The van der Waals surface area contributed by atoms with Crippen LogP contribution in [0.3, 0.4) is 0 Å². The number of carbonyl (C=O) groups is 3. The molecule has 0 aliphatic rings. The quantitative estimate of drug-likeness (QED) is 0.848. The number of primary amides is 1. The topological polar surface area (TPSA) is 89.7 Å². The molecule has 0 fully saturated rings. The summed E-state index contributed by atoms with van der Waals surface area (Å²) in [5.41, 5.74) is 6.26. The van der Waals surface area contributed by atoms with E-state index in [9.17, 15) is 14.4 Å². The molecule has 0 radical (unpaired) electrons. The lowest BCUT2D eigenvalue weighted by Crippen LogP contribution is -2.31. The van der Waals surface area contributed by atoms with Gasteiger partial charge in [-0.05, 0) is 24.3 Å². The Hall–Kier alpha value is -3.15. The van der Waals surface area contributed by atoms with Crippen molar-refractivity contribution in [2.45, 2.75) is 6.10 Å². The van der Waals surface area contributed by atoms with Gasteiger partial charge in [-0.3, -0.25) is 9.59 Å². The van der Waals surface area contributed by atoms with Gasteiger partial charge in [0.1, 0.15) is 0 Å². The summed E-state index contributed by atoms with van der Waals surface area (Å²) in [6.45, 7) is 0. The van der Waals surface area contributed by atoms with Crippen molar-refractivity contribution in [3.63, 3.8) is 0 Å². The summed E-state index contributed by atoms with van der Waals surface area (Å²) < 4.78 is 5.40. The fourth-order valence-electron chi connectivity index (χ4n) is 2.07. The zero-order valence-corrected chi connectivity index (χ0v) is 13.4. The van der Waals surface area contributed by atoms with Crippen molar-refractivity contribution in [2.24, 2.45) is 5.73 Å². The molecule has 2 aromatic carbocycles. The predicted molar refractivity (Wildman–Crippen MR) is 88.3 cm³/mol. The second kappa shape index (κ2) is 7.41. The van der Waals surface area contributed by atoms with E-state index in [0.29, 0.717) is 5.56 Å². The molecule has 124 valence electrons. The van der Waals surface area contributed by atoms with Crippen LogP contribution in [0.15, 0.2) is 54.6 Å². The van der Waals surface area contributed by atoms with Crippen LogP contribution in [-0.4, -0.2) is 36.8 Å². The highest BCUT2D eigenvalue weighted by Gasteiger charge is 2.26. The first kappa shape index (κ1) is 17.2. The molecule has 2 amide bonds. The van der Waals surface area contributed by atoms with Gasteiger partial charge in [0.05, 0.1) is 5.56 Å². The Kier molecular flexibility index (Phi) is 5.31. The van der Waals surface area contributed by atoms with Crippen LogP contribution in [0.4, 0.5) is 0 Å². The van der Waals surface area contributed by atoms with E-state index in [1.807, 2.05) is 6.07 Å². The molecule has 1 atom stereocenters. The number of benzene rings is 2. The van der Waals surface area contributed by atoms with Gasteiger partial charge in [-0.1, -0.05) is 30.3 Å². The molecule has 0 bridgehead atoms. The number of rotatable bonds is 5. The zero-order chi connectivity index (χ0) is 17.7. The molecule has 2 aromatic rings. The Morgan fingerprint density at radius 1 is 0.917 bits per heavy atom. The Bertz CT molecular complexity index is 739. The number of carbonyl (C=O) groups excluding carboxylic acids is 3. The Morgan fingerprint density at radius 2 is 1.46 bits per heavy atom. The third kappa shape index (κ3) is 3.98. The molecular formula is C18H18N2O4. The first-order chi connectivity index (χ1) is 11.4. The average Bonchev–Trinajstić information content (AvgIpc) is 2.59. The van der Waals surface area contributed by atoms with E-state index in [1.165, 1.54) is 29.2 Å². The lowest BCUT2D eigenvalue weighted by atomic mass is 10.1. The minimum atomic E-state index is -1.04. The van der Waals surface area contributed by atoms with Gasteiger partial charge in [0.25, 0.3) is 5.91 Å². The Morgan fingerprint density at radius 3 is 1.96 bits per heavy atom. The fourth-order valence-corrected chi connectivity index (χ4v) is 2.07. The highest BCUT2D eigenvalue weighted by molar-refractivity contribution is 5.96. The monoisotopic (exact) mass is 326 g/mol. The Labute approximate surface area is 139 Å². The number of likely N-dealkylation sites (N-methyl/N-ethyl adjacent to an activating group) is 1. The van der Waals surface area contributed by atoms with Crippen LogP contribution in [0, 0.1) is 0 Å². The summed E-state index contributed by atoms with van der Waals surface area (Å²) in [7, 11) is 3.18. The van der Waals surface area contributed by atoms with Crippen LogP contribution in [0.25, 0.3) is 0 Å². The van der Waals surface area contributed by atoms with E-state index in [2.05, 4.69) is 0 Å². The molecule has 2 N–H and O–H groups in total. The molecule has 2 rings (SSSR count). The number of nitrogens with two attached hydrogens (primary N) is 1. The van der Waals surface area contributed by atoms with Gasteiger partial charge in [-0.25, -0.2) is 4.79 Å². The van der Waals surface area contributed by atoms with Crippen molar-refractivity contribution < 1.29 is 19.1 Å². The first-order valence-electron chi connectivity index (χ1n) is 7.27. The molecule has 0 aromatic heterocycles. The summed E-state index contributed by atoms with van der Waals surface area (Å²) in [5.74, 6) is -1.58. The molecule has 24 heavy (non-hydrogen) atoms. The van der Waals surface area contributed by atoms with Gasteiger partial charge in [-0.15, -0.1) is 0 Å². The van der Waals surface area contributed by atoms with E-state index in [-0.39, 0.29) is 17.0 Å². The molecule has 0 saturated carbocycles. The SMILES string of the molecule is CN(C)C(=O)C(OC(=O)c1ccc(C(N)=O)cc1)c1ccccc1. The van der Waals surface area contributed by atoms with Crippen LogP contribution in [0.1, 0.15) is 32.4 Å². The number of hydrogen-bond donors (Lipinski definition) is 1. The fraction of sp³-hybridized carbons (Fsp3) is 0.167. The third-order valence-electron chi connectivity index (χ3n) is 3.40. The lowest BCUT2D eigenvalue weighted by molar-refractivity contribution is -0.138. The zero-order valence-electron chi connectivity index (χ0n) is 13.4. The molecule has 0 saturated heterocycles. The van der Waals surface area contributed by atoms with Gasteiger partial charge < -0.3 is 15.4 Å². The van der Waals surface area contributed by atoms with Crippen LogP contribution < -0.4 is 5.73 Å². The molecule has 6 nitrogen and oxygen atoms in total. The minimum Gasteiger partial charge on any atom is -0.444 e. The van der Waals surface area contributed by atoms with E-state index < -0.39 is 18.0 Å². The van der Waals surface area contributed by atoms with Crippen molar-refractivity contribution in [1.29, 1.82) is 0 Å². The number of hydrogen-bond acceptors (Lipinski definition) is 4. The molecule has 0 aliphatic carbocycles. The van der Waals surface area contributed by atoms with Gasteiger partial charge in [0, 0.05) is 25.2 Å². The second-order valence-electron chi connectivity index (χ2n) is 5.37. The van der Waals surface area contributed by atoms with Crippen molar-refractivity contribution in [2.75, 3.05) is 14.1 Å². The van der Waals surface area contributed by atoms with Crippen LogP contribution in [0.5, 0.6) is 0 Å². The average molecular weight is 326 g/mol. The van der Waals surface area contributed by atoms with Gasteiger partial charge >= 0.3 is 5.97 Å². The largest absolute Gasteiger partial charge is 0.444 e. The summed E-state index contributed by atoms with van der Waals surface area (Å²) in [4.78, 5) is 37.1. The lowest BCUT2D eigenvalue weighted by Gasteiger charge is -2.21. The summed E-state index contributed by atoms with van der Waals surface area (Å²) in [6, 6.07) is 14.5. The molecule has 6 heteroatoms. The predicted octanol–water partition coefficient (Wildman–Crippen LogP) is 1.77. The van der Waals surface area contributed by atoms with E-state index in [4.69, 9.17) is 10.5 Å². The first-order valence-corrected chi connectivity index (χ1v) is 7.27. The highest BCUT2D eigenvalue weighted by atomic mass is 16.5. The van der Waals surface area contributed by atoms with Crippen molar-refractivity contribution >= 4 is 17.8 Å². The van der Waals surface area contributed by atoms with Crippen LogP contribution in [-0.2, 0) is 9.53 Å². The van der Waals surface area contributed by atoms with Crippen molar-refractivity contribution in [3.8, 4) is 0 Å². The van der Waals surface area contributed by atoms with Crippen LogP contribution in [0.2, 0.25) is 0 Å². The van der Waals surface area contributed by atoms with E-state index in [1.54, 1.807) is 38.4 Å². The number of nitrogens with zero attached hydrogens (tertiary/aromatic N) is 1. The van der Waals surface area contributed by atoms with Gasteiger partial charge in [0.15, 0.2) is 0 Å². The maximum Gasteiger partial charge on any atom is 0.339 e. The van der Waals surface area contributed by atoms with Gasteiger partial charge in [-0.2, -0.15) is 0 Å². The van der Waals surface area contributed by atoms with E-state index in [0.717, 1.165) is 0 Å². The number of amides is 2.